The number of nitrogens with zero attached hydrogens (tertiary/aromatic N) is 5. The third-order valence-corrected chi connectivity index (χ3v) is 6.27. The van der Waals surface area contributed by atoms with Crippen LogP contribution >= 0.6 is 0 Å². The van der Waals surface area contributed by atoms with Gasteiger partial charge in [-0.2, -0.15) is 0 Å². The van der Waals surface area contributed by atoms with Gasteiger partial charge < -0.3 is 14.5 Å². The first kappa shape index (κ1) is 18.7. The second kappa shape index (κ2) is 7.78. The molecule has 0 aromatic carbocycles. The summed E-state index contributed by atoms with van der Waals surface area (Å²) in [6.45, 7) is 10.5. The van der Waals surface area contributed by atoms with Crippen molar-refractivity contribution in [2.75, 3.05) is 31.1 Å². The first-order chi connectivity index (χ1) is 13.0. The van der Waals surface area contributed by atoms with Crippen molar-refractivity contribution in [2.45, 2.75) is 77.5 Å². The van der Waals surface area contributed by atoms with Crippen molar-refractivity contribution in [1.82, 2.24) is 19.7 Å². The summed E-state index contributed by atoms with van der Waals surface area (Å²) in [6, 6.07) is 0. The number of likely N-dealkylation sites (tertiary alicyclic amines) is 1. The summed E-state index contributed by atoms with van der Waals surface area (Å²) in [7, 11) is 0. The fraction of sp³-hybridized carbons (Fsp3) is 0.850. The van der Waals surface area contributed by atoms with Crippen LogP contribution < -0.4 is 4.90 Å². The number of rotatable bonds is 5. The number of hydrogen-bond acceptors (Lipinski definition) is 5. The predicted octanol–water partition coefficient (Wildman–Crippen LogP) is 2.42. The lowest BCUT2D eigenvalue weighted by Crippen LogP contribution is -2.47. The van der Waals surface area contributed by atoms with E-state index in [1.165, 1.54) is 18.7 Å². The van der Waals surface area contributed by atoms with E-state index >= 15 is 0 Å². The molecular weight excluding hydrogens is 342 g/mol. The SMILES string of the molecule is CCC1CN(c2nnc(C3CC3)n2CC2CCN(C(C)=O)CC2)CC(C)O1. The molecule has 1 aliphatic carbocycles. The maximum Gasteiger partial charge on any atom is 0.227 e. The lowest BCUT2D eigenvalue weighted by atomic mass is 9.96. The largest absolute Gasteiger partial charge is 0.372 e. The normalized spacial score (nSPS) is 27.2. The fourth-order valence-electron chi connectivity index (χ4n) is 4.48. The number of anilines is 1. The quantitative estimate of drug-likeness (QED) is 0.791. The van der Waals surface area contributed by atoms with Gasteiger partial charge in [0, 0.05) is 45.6 Å². The highest BCUT2D eigenvalue weighted by Gasteiger charge is 2.34. The van der Waals surface area contributed by atoms with Gasteiger partial charge in [0.25, 0.3) is 0 Å². The second-order valence-electron chi connectivity index (χ2n) is 8.57. The van der Waals surface area contributed by atoms with Crippen LogP contribution in [0.15, 0.2) is 0 Å². The number of hydrogen-bond donors (Lipinski definition) is 0. The topological polar surface area (TPSA) is 63.5 Å². The lowest BCUT2D eigenvalue weighted by molar-refractivity contribution is -0.130. The van der Waals surface area contributed by atoms with Crippen LogP contribution in [0.2, 0.25) is 0 Å². The van der Waals surface area contributed by atoms with Crippen molar-refractivity contribution in [3.8, 4) is 0 Å². The molecule has 1 aromatic rings. The average molecular weight is 376 g/mol. The smallest absolute Gasteiger partial charge is 0.227 e. The molecule has 2 unspecified atom stereocenters. The molecule has 1 amide bonds. The maximum absolute atomic E-state index is 11.6. The number of carbonyl (C=O) groups is 1. The van der Waals surface area contributed by atoms with Gasteiger partial charge in [-0.1, -0.05) is 6.92 Å². The van der Waals surface area contributed by atoms with Crippen LogP contribution in [0.4, 0.5) is 5.95 Å². The van der Waals surface area contributed by atoms with Gasteiger partial charge in [-0.25, -0.2) is 0 Å². The summed E-state index contributed by atoms with van der Waals surface area (Å²) in [4.78, 5) is 16.0. The molecule has 0 spiro atoms. The van der Waals surface area contributed by atoms with E-state index < -0.39 is 0 Å². The van der Waals surface area contributed by atoms with Crippen molar-refractivity contribution in [3.05, 3.63) is 5.82 Å². The van der Waals surface area contributed by atoms with Crippen LogP contribution in [0.5, 0.6) is 0 Å². The van der Waals surface area contributed by atoms with Gasteiger partial charge in [0.15, 0.2) is 0 Å². The number of aromatic nitrogens is 3. The van der Waals surface area contributed by atoms with E-state index in [0.29, 0.717) is 11.8 Å². The molecule has 0 radical (unpaired) electrons. The van der Waals surface area contributed by atoms with E-state index in [2.05, 4.69) is 33.5 Å². The highest BCUT2D eigenvalue weighted by molar-refractivity contribution is 5.73. The number of ether oxygens (including phenoxy) is 1. The van der Waals surface area contributed by atoms with Crippen LogP contribution in [-0.2, 0) is 16.1 Å². The Hall–Kier alpha value is -1.63. The van der Waals surface area contributed by atoms with Crippen LogP contribution in [0, 0.1) is 5.92 Å². The summed E-state index contributed by atoms with van der Waals surface area (Å²) in [5, 5.41) is 9.24. The van der Waals surface area contributed by atoms with E-state index in [9.17, 15) is 4.79 Å². The molecule has 0 N–H and O–H groups in total. The van der Waals surface area contributed by atoms with Gasteiger partial charge in [-0.15, -0.1) is 10.2 Å². The Morgan fingerprint density at radius 3 is 2.52 bits per heavy atom. The third-order valence-electron chi connectivity index (χ3n) is 6.27. The Bertz CT molecular complexity index is 663. The van der Waals surface area contributed by atoms with E-state index in [1.54, 1.807) is 6.92 Å². The predicted molar refractivity (Wildman–Crippen MR) is 104 cm³/mol. The number of morpholine rings is 1. The van der Waals surface area contributed by atoms with E-state index in [4.69, 9.17) is 4.74 Å². The fourth-order valence-corrected chi connectivity index (χ4v) is 4.48. The maximum atomic E-state index is 11.6. The monoisotopic (exact) mass is 375 g/mol. The van der Waals surface area contributed by atoms with Gasteiger partial charge in [-0.3, -0.25) is 9.36 Å². The van der Waals surface area contributed by atoms with Gasteiger partial charge in [-0.05, 0) is 44.9 Å². The van der Waals surface area contributed by atoms with E-state index in [0.717, 1.165) is 57.9 Å². The first-order valence-electron chi connectivity index (χ1n) is 10.6. The molecular formula is C20H33N5O2. The van der Waals surface area contributed by atoms with Crippen molar-refractivity contribution >= 4 is 11.9 Å². The zero-order chi connectivity index (χ0) is 19.0. The molecule has 3 aliphatic rings. The molecule has 2 atom stereocenters. The Kier molecular flexibility index (Phi) is 5.39. The molecule has 3 heterocycles. The number of piperidine rings is 1. The standard InChI is InChI=1S/C20H33N5O2/c1-4-18-13-24(11-14(2)27-18)20-22-21-19(17-5-6-17)25(20)12-16-7-9-23(10-8-16)15(3)26/h14,16-18H,4-13H2,1-3H3. The van der Waals surface area contributed by atoms with E-state index in [1.807, 2.05) is 4.90 Å². The molecule has 2 aliphatic heterocycles. The Morgan fingerprint density at radius 1 is 1.15 bits per heavy atom. The molecule has 1 aromatic heterocycles. The van der Waals surface area contributed by atoms with Crippen molar-refractivity contribution in [3.63, 3.8) is 0 Å². The highest BCUT2D eigenvalue weighted by atomic mass is 16.5. The molecule has 27 heavy (non-hydrogen) atoms. The second-order valence-corrected chi connectivity index (χ2v) is 8.57. The molecule has 2 saturated heterocycles. The Labute approximate surface area is 162 Å². The van der Waals surface area contributed by atoms with Crippen molar-refractivity contribution in [1.29, 1.82) is 0 Å². The Morgan fingerprint density at radius 2 is 1.89 bits per heavy atom. The van der Waals surface area contributed by atoms with Crippen LogP contribution in [0.1, 0.15) is 64.6 Å². The summed E-state index contributed by atoms with van der Waals surface area (Å²) in [5.74, 6) is 3.58. The van der Waals surface area contributed by atoms with Crippen molar-refractivity contribution in [2.24, 2.45) is 5.92 Å². The zero-order valence-corrected chi connectivity index (χ0v) is 16.9. The van der Waals surface area contributed by atoms with Crippen LogP contribution in [0.3, 0.4) is 0 Å². The average Bonchev–Trinajstić information content (AvgIpc) is 3.42. The van der Waals surface area contributed by atoms with Gasteiger partial charge in [0.2, 0.25) is 11.9 Å². The summed E-state index contributed by atoms with van der Waals surface area (Å²) >= 11 is 0. The summed E-state index contributed by atoms with van der Waals surface area (Å²) in [5.41, 5.74) is 0. The van der Waals surface area contributed by atoms with Gasteiger partial charge in [0.1, 0.15) is 5.82 Å². The number of carbonyl (C=O) groups excluding carboxylic acids is 1. The minimum Gasteiger partial charge on any atom is -0.372 e. The lowest BCUT2D eigenvalue weighted by Gasteiger charge is -2.37. The molecule has 1 saturated carbocycles. The molecule has 7 nitrogen and oxygen atoms in total. The van der Waals surface area contributed by atoms with Crippen LogP contribution in [0.25, 0.3) is 0 Å². The molecule has 3 fully saturated rings. The zero-order valence-electron chi connectivity index (χ0n) is 16.9. The summed E-state index contributed by atoms with van der Waals surface area (Å²) < 4.78 is 8.44. The van der Waals surface area contributed by atoms with Gasteiger partial charge >= 0.3 is 0 Å². The number of amides is 1. The Balaban J connectivity index is 1.51. The molecule has 150 valence electrons. The first-order valence-corrected chi connectivity index (χ1v) is 10.6. The molecule has 0 bridgehead atoms. The van der Waals surface area contributed by atoms with Crippen molar-refractivity contribution < 1.29 is 9.53 Å². The highest BCUT2D eigenvalue weighted by Crippen LogP contribution is 2.41. The minimum atomic E-state index is 0.199. The molecule has 4 rings (SSSR count). The summed E-state index contributed by atoms with van der Waals surface area (Å²) in [6.07, 6.45) is 6.11. The van der Waals surface area contributed by atoms with Crippen LogP contribution in [-0.4, -0.2) is 64.0 Å². The van der Waals surface area contributed by atoms with Gasteiger partial charge in [0.05, 0.1) is 12.2 Å². The van der Waals surface area contributed by atoms with E-state index in [-0.39, 0.29) is 18.1 Å². The minimum absolute atomic E-state index is 0.199. The molecule has 7 heteroatoms. The third kappa shape index (κ3) is 4.13.